The number of benzene rings is 2. The van der Waals surface area contributed by atoms with Crippen molar-refractivity contribution in [2.45, 2.75) is 18.6 Å². The maximum atomic E-state index is 10.2. The SMILES string of the molecule is C#CC(O)c1ccc2c(c1C(O)C#C)Cc1ccccc1-2. The van der Waals surface area contributed by atoms with Gasteiger partial charge in [0, 0.05) is 5.56 Å². The molecule has 0 radical (unpaired) electrons. The summed E-state index contributed by atoms with van der Waals surface area (Å²) in [7, 11) is 0. The van der Waals surface area contributed by atoms with E-state index in [0.29, 0.717) is 17.5 Å². The zero-order chi connectivity index (χ0) is 15.0. The highest BCUT2D eigenvalue weighted by atomic mass is 16.3. The Labute approximate surface area is 124 Å². The second-order valence-corrected chi connectivity index (χ2v) is 5.07. The third kappa shape index (κ3) is 2.03. The highest BCUT2D eigenvalue weighted by molar-refractivity contribution is 5.79. The molecule has 0 bridgehead atoms. The Balaban J connectivity index is 2.26. The normalized spacial score (nSPS) is 14.5. The summed E-state index contributed by atoms with van der Waals surface area (Å²) in [4.78, 5) is 0. The van der Waals surface area contributed by atoms with E-state index >= 15 is 0 Å². The van der Waals surface area contributed by atoms with Crippen molar-refractivity contribution in [3.8, 4) is 35.8 Å². The fraction of sp³-hybridized carbons (Fsp3) is 0.158. The third-order valence-corrected chi connectivity index (χ3v) is 3.95. The second kappa shape index (κ2) is 5.11. The van der Waals surface area contributed by atoms with Crippen molar-refractivity contribution in [2.75, 3.05) is 0 Å². The van der Waals surface area contributed by atoms with Crippen LogP contribution in [-0.4, -0.2) is 10.2 Å². The number of hydrogen-bond donors (Lipinski definition) is 2. The Morgan fingerprint density at radius 2 is 1.62 bits per heavy atom. The summed E-state index contributed by atoms with van der Waals surface area (Å²) in [6.07, 6.45) is 9.23. The lowest BCUT2D eigenvalue weighted by molar-refractivity contribution is 0.214. The summed E-state index contributed by atoms with van der Waals surface area (Å²) >= 11 is 0. The standard InChI is InChI=1S/C19H14O2/c1-3-17(20)15-10-9-14-13-8-6-5-7-12(13)11-16(14)19(15)18(21)4-2/h1-2,5-10,17-18,20-21H,11H2. The molecule has 2 unspecified atom stereocenters. The molecule has 2 nitrogen and oxygen atoms in total. The maximum absolute atomic E-state index is 10.2. The Morgan fingerprint density at radius 3 is 2.33 bits per heavy atom. The van der Waals surface area contributed by atoms with Crippen LogP contribution in [0.4, 0.5) is 0 Å². The van der Waals surface area contributed by atoms with Crippen molar-refractivity contribution in [3.05, 3.63) is 58.7 Å². The number of rotatable bonds is 2. The molecule has 0 spiro atoms. The van der Waals surface area contributed by atoms with E-state index in [9.17, 15) is 10.2 Å². The van der Waals surface area contributed by atoms with Crippen LogP contribution in [0.2, 0.25) is 0 Å². The highest BCUT2D eigenvalue weighted by Crippen LogP contribution is 2.42. The van der Waals surface area contributed by atoms with Gasteiger partial charge in [0.25, 0.3) is 0 Å². The van der Waals surface area contributed by atoms with Gasteiger partial charge in [-0.2, -0.15) is 0 Å². The third-order valence-electron chi connectivity index (χ3n) is 3.95. The van der Waals surface area contributed by atoms with Gasteiger partial charge in [-0.15, -0.1) is 12.8 Å². The van der Waals surface area contributed by atoms with Gasteiger partial charge in [-0.05, 0) is 34.2 Å². The molecule has 21 heavy (non-hydrogen) atoms. The second-order valence-electron chi connectivity index (χ2n) is 5.07. The van der Waals surface area contributed by atoms with Gasteiger partial charge in [-0.25, -0.2) is 0 Å². The van der Waals surface area contributed by atoms with E-state index in [0.717, 1.165) is 16.7 Å². The van der Waals surface area contributed by atoms with E-state index < -0.39 is 12.2 Å². The molecule has 1 aliphatic carbocycles. The first kappa shape index (κ1) is 13.5. The molecule has 2 aromatic carbocycles. The number of hydrogen-bond acceptors (Lipinski definition) is 2. The largest absolute Gasteiger partial charge is 0.376 e. The van der Waals surface area contributed by atoms with Gasteiger partial charge < -0.3 is 10.2 Å². The van der Waals surface area contributed by atoms with Crippen LogP contribution in [-0.2, 0) is 6.42 Å². The van der Waals surface area contributed by atoms with Crippen molar-refractivity contribution in [1.82, 2.24) is 0 Å². The van der Waals surface area contributed by atoms with Crippen LogP contribution < -0.4 is 0 Å². The molecule has 102 valence electrons. The molecule has 2 N–H and O–H groups in total. The predicted molar refractivity (Wildman–Crippen MR) is 82.3 cm³/mol. The average Bonchev–Trinajstić information content (AvgIpc) is 2.91. The molecular weight excluding hydrogens is 260 g/mol. The molecular formula is C19H14O2. The molecule has 0 saturated carbocycles. The van der Waals surface area contributed by atoms with Crippen LogP contribution in [0.1, 0.15) is 34.5 Å². The Hall–Kier alpha value is -2.52. The van der Waals surface area contributed by atoms with Crippen molar-refractivity contribution in [1.29, 1.82) is 0 Å². The zero-order valence-corrected chi connectivity index (χ0v) is 11.4. The first-order chi connectivity index (χ1) is 10.2. The first-order valence-corrected chi connectivity index (χ1v) is 6.69. The van der Waals surface area contributed by atoms with Crippen molar-refractivity contribution < 1.29 is 10.2 Å². The van der Waals surface area contributed by atoms with Crippen molar-refractivity contribution >= 4 is 0 Å². The lowest BCUT2D eigenvalue weighted by atomic mass is 9.90. The van der Waals surface area contributed by atoms with Crippen molar-refractivity contribution in [2.24, 2.45) is 0 Å². The minimum atomic E-state index is -1.08. The fourth-order valence-corrected chi connectivity index (χ4v) is 2.99. The molecule has 0 fully saturated rings. The molecule has 2 heteroatoms. The van der Waals surface area contributed by atoms with E-state index in [1.54, 1.807) is 6.07 Å². The zero-order valence-electron chi connectivity index (χ0n) is 11.4. The van der Waals surface area contributed by atoms with Gasteiger partial charge in [-0.3, -0.25) is 0 Å². The van der Waals surface area contributed by atoms with Crippen LogP contribution in [0, 0.1) is 24.7 Å². The van der Waals surface area contributed by atoms with E-state index in [4.69, 9.17) is 12.8 Å². The van der Waals surface area contributed by atoms with Gasteiger partial charge in [-0.1, -0.05) is 48.2 Å². The van der Waals surface area contributed by atoms with Gasteiger partial charge in [0.2, 0.25) is 0 Å². The lowest BCUT2D eigenvalue weighted by Crippen LogP contribution is -2.08. The van der Waals surface area contributed by atoms with Gasteiger partial charge in [0.1, 0.15) is 12.2 Å². The van der Waals surface area contributed by atoms with Crippen LogP contribution >= 0.6 is 0 Å². The smallest absolute Gasteiger partial charge is 0.140 e. The molecule has 0 aliphatic heterocycles. The summed E-state index contributed by atoms with van der Waals surface area (Å²) in [5.74, 6) is 4.62. The average molecular weight is 274 g/mol. The summed E-state index contributed by atoms with van der Waals surface area (Å²) < 4.78 is 0. The Morgan fingerprint density at radius 1 is 0.905 bits per heavy atom. The quantitative estimate of drug-likeness (QED) is 0.705. The maximum Gasteiger partial charge on any atom is 0.140 e. The predicted octanol–water partition coefficient (Wildman–Crippen LogP) is 2.59. The Kier molecular flexibility index (Phi) is 3.28. The lowest BCUT2D eigenvalue weighted by Gasteiger charge is -2.18. The van der Waals surface area contributed by atoms with Gasteiger partial charge in [0.05, 0.1) is 0 Å². The van der Waals surface area contributed by atoms with E-state index in [1.807, 2.05) is 24.3 Å². The van der Waals surface area contributed by atoms with E-state index in [1.165, 1.54) is 5.56 Å². The molecule has 2 atom stereocenters. The Bertz CT molecular complexity index is 790. The number of aliphatic hydroxyl groups excluding tert-OH is 2. The first-order valence-electron chi connectivity index (χ1n) is 6.69. The minimum absolute atomic E-state index is 0.509. The molecule has 1 aliphatic rings. The summed E-state index contributed by atoms with van der Waals surface area (Å²) in [5.41, 5.74) is 5.40. The number of aliphatic hydroxyl groups is 2. The van der Waals surface area contributed by atoms with Crippen LogP contribution in [0.15, 0.2) is 36.4 Å². The molecule has 0 heterocycles. The topological polar surface area (TPSA) is 40.5 Å². The minimum Gasteiger partial charge on any atom is -0.376 e. The number of fused-ring (bicyclic) bond motifs is 3. The summed E-state index contributed by atoms with van der Waals surface area (Å²) in [5, 5.41) is 20.2. The summed E-state index contributed by atoms with van der Waals surface area (Å²) in [6.45, 7) is 0. The monoisotopic (exact) mass is 274 g/mol. The summed E-state index contributed by atoms with van der Waals surface area (Å²) in [6, 6.07) is 11.8. The van der Waals surface area contributed by atoms with Crippen LogP contribution in [0.5, 0.6) is 0 Å². The number of terminal acetylenes is 2. The highest BCUT2D eigenvalue weighted by Gasteiger charge is 2.27. The van der Waals surface area contributed by atoms with Crippen molar-refractivity contribution in [3.63, 3.8) is 0 Å². The van der Waals surface area contributed by atoms with Gasteiger partial charge >= 0.3 is 0 Å². The van der Waals surface area contributed by atoms with Crippen LogP contribution in [0.3, 0.4) is 0 Å². The van der Waals surface area contributed by atoms with Crippen LogP contribution in [0.25, 0.3) is 11.1 Å². The molecule has 0 saturated heterocycles. The van der Waals surface area contributed by atoms with E-state index in [-0.39, 0.29) is 0 Å². The molecule has 0 amide bonds. The van der Waals surface area contributed by atoms with Gasteiger partial charge in [0.15, 0.2) is 0 Å². The fourth-order valence-electron chi connectivity index (χ4n) is 2.99. The molecule has 0 aromatic heterocycles. The van der Waals surface area contributed by atoms with E-state index in [2.05, 4.69) is 17.9 Å². The molecule has 2 aromatic rings. The molecule has 3 rings (SSSR count).